The molecule has 0 spiro atoms. The summed E-state index contributed by atoms with van der Waals surface area (Å²) in [5, 5.41) is 0.787. The first-order valence-corrected chi connectivity index (χ1v) is 9.82. The molecule has 0 radical (unpaired) electrons. The molecule has 0 atom stereocenters. The lowest BCUT2D eigenvalue weighted by Gasteiger charge is -2.12. The summed E-state index contributed by atoms with van der Waals surface area (Å²) in [6, 6.07) is 10.0. The Balaban J connectivity index is 2.07. The van der Waals surface area contributed by atoms with E-state index < -0.39 is 9.84 Å². The van der Waals surface area contributed by atoms with E-state index in [0.29, 0.717) is 15.8 Å². The number of hydrogen-bond acceptors (Lipinski definition) is 4. The molecule has 0 aliphatic heterocycles. The standard InChI is InChI=1S/C17H14Cl2N2O3S/c1-24-17-14(18)7-11(8-15(17)19)16-9-20-10-21(16)12-3-5-13(6-4-12)25(2,22)23/h3-10H,1-2H3. The van der Waals surface area contributed by atoms with Crippen LogP contribution < -0.4 is 4.74 Å². The maximum Gasteiger partial charge on any atom is 0.175 e. The molecule has 2 aromatic carbocycles. The lowest BCUT2D eigenvalue weighted by atomic mass is 10.1. The number of hydrogen-bond donors (Lipinski definition) is 0. The monoisotopic (exact) mass is 396 g/mol. The average Bonchev–Trinajstić information content (AvgIpc) is 3.03. The molecular formula is C17H14Cl2N2O3S. The molecule has 3 aromatic rings. The molecule has 3 rings (SSSR count). The molecule has 8 heteroatoms. The Morgan fingerprint density at radius 1 is 1.08 bits per heavy atom. The minimum absolute atomic E-state index is 0.258. The van der Waals surface area contributed by atoms with Gasteiger partial charge in [-0.3, -0.25) is 4.57 Å². The zero-order valence-corrected chi connectivity index (χ0v) is 15.7. The van der Waals surface area contributed by atoms with Crippen molar-refractivity contribution in [2.24, 2.45) is 0 Å². The molecule has 0 amide bonds. The number of nitrogens with zero attached hydrogens (tertiary/aromatic N) is 2. The summed E-state index contributed by atoms with van der Waals surface area (Å²) in [7, 11) is -1.74. The highest BCUT2D eigenvalue weighted by molar-refractivity contribution is 7.90. The van der Waals surface area contributed by atoms with E-state index in [4.69, 9.17) is 27.9 Å². The van der Waals surface area contributed by atoms with Gasteiger partial charge in [-0.25, -0.2) is 13.4 Å². The van der Waals surface area contributed by atoms with Gasteiger partial charge in [-0.05, 0) is 36.4 Å². The van der Waals surface area contributed by atoms with Crippen LogP contribution in [0.25, 0.3) is 16.9 Å². The summed E-state index contributed by atoms with van der Waals surface area (Å²) in [4.78, 5) is 4.43. The van der Waals surface area contributed by atoms with Gasteiger partial charge in [-0.15, -0.1) is 0 Å². The van der Waals surface area contributed by atoms with Crippen molar-refractivity contribution in [3.05, 3.63) is 59.0 Å². The number of halogens is 2. The molecule has 0 aliphatic rings. The van der Waals surface area contributed by atoms with Gasteiger partial charge in [0.25, 0.3) is 0 Å². The molecule has 0 saturated carbocycles. The Bertz CT molecular complexity index is 1010. The van der Waals surface area contributed by atoms with Crippen LogP contribution in [0, 0.1) is 0 Å². The zero-order chi connectivity index (χ0) is 18.2. The van der Waals surface area contributed by atoms with Crippen LogP contribution in [-0.4, -0.2) is 31.3 Å². The maximum atomic E-state index is 11.6. The van der Waals surface area contributed by atoms with Gasteiger partial charge in [-0.2, -0.15) is 0 Å². The van der Waals surface area contributed by atoms with Crippen LogP contribution in [-0.2, 0) is 9.84 Å². The normalized spacial score (nSPS) is 11.5. The van der Waals surface area contributed by atoms with Crippen molar-refractivity contribution in [2.45, 2.75) is 4.90 Å². The number of benzene rings is 2. The van der Waals surface area contributed by atoms with Gasteiger partial charge < -0.3 is 4.74 Å². The van der Waals surface area contributed by atoms with Gasteiger partial charge >= 0.3 is 0 Å². The molecule has 0 fully saturated rings. The first-order chi connectivity index (χ1) is 11.8. The second-order valence-electron chi connectivity index (χ2n) is 5.39. The van der Waals surface area contributed by atoms with Crippen LogP contribution in [0.4, 0.5) is 0 Å². The molecule has 130 valence electrons. The van der Waals surface area contributed by atoms with Crippen molar-refractivity contribution in [3.63, 3.8) is 0 Å². The predicted octanol–water partition coefficient (Wildman–Crippen LogP) is 4.26. The first-order valence-electron chi connectivity index (χ1n) is 7.17. The third-order valence-electron chi connectivity index (χ3n) is 3.68. The Hall–Kier alpha value is -2.02. The average molecular weight is 397 g/mol. The third kappa shape index (κ3) is 3.51. The Morgan fingerprint density at radius 3 is 2.20 bits per heavy atom. The quantitative estimate of drug-likeness (QED) is 0.660. The smallest absolute Gasteiger partial charge is 0.175 e. The van der Waals surface area contributed by atoms with Gasteiger partial charge in [0.1, 0.15) is 0 Å². The van der Waals surface area contributed by atoms with E-state index in [-0.39, 0.29) is 4.90 Å². The van der Waals surface area contributed by atoms with E-state index in [0.717, 1.165) is 16.9 Å². The zero-order valence-electron chi connectivity index (χ0n) is 13.4. The molecule has 0 saturated heterocycles. The van der Waals surface area contributed by atoms with Crippen LogP contribution in [0.2, 0.25) is 10.0 Å². The molecule has 0 bridgehead atoms. The summed E-state index contributed by atoms with van der Waals surface area (Å²) in [6.07, 6.45) is 4.49. The minimum Gasteiger partial charge on any atom is -0.494 e. The maximum absolute atomic E-state index is 11.6. The molecule has 5 nitrogen and oxygen atoms in total. The van der Waals surface area contributed by atoms with Crippen molar-refractivity contribution in [2.75, 3.05) is 13.4 Å². The summed E-state index contributed by atoms with van der Waals surface area (Å²) in [6.45, 7) is 0. The summed E-state index contributed by atoms with van der Waals surface area (Å²) in [5.74, 6) is 0.413. The van der Waals surface area contributed by atoms with Gasteiger partial charge in [0, 0.05) is 17.5 Å². The summed E-state index contributed by atoms with van der Waals surface area (Å²) in [5.41, 5.74) is 2.29. The lowest BCUT2D eigenvalue weighted by Crippen LogP contribution is -1.99. The van der Waals surface area contributed by atoms with Crippen molar-refractivity contribution in [1.82, 2.24) is 9.55 Å². The molecule has 0 N–H and O–H groups in total. The largest absolute Gasteiger partial charge is 0.494 e. The van der Waals surface area contributed by atoms with Gasteiger partial charge in [0.15, 0.2) is 15.6 Å². The highest BCUT2D eigenvalue weighted by Gasteiger charge is 2.14. The molecule has 1 aromatic heterocycles. The van der Waals surface area contributed by atoms with Crippen molar-refractivity contribution >= 4 is 33.0 Å². The molecular weight excluding hydrogens is 383 g/mol. The number of rotatable bonds is 4. The minimum atomic E-state index is -3.24. The number of ether oxygens (including phenoxy) is 1. The number of imidazole rings is 1. The fourth-order valence-electron chi connectivity index (χ4n) is 2.47. The van der Waals surface area contributed by atoms with E-state index >= 15 is 0 Å². The van der Waals surface area contributed by atoms with Gasteiger partial charge in [0.2, 0.25) is 0 Å². The Kier molecular flexibility index (Phi) is 4.77. The fraction of sp³-hybridized carbons (Fsp3) is 0.118. The second kappa shape index (κ2) is 6.71. The van der Waals surface area contributed by atoms with Gasteiger partial charge in [0.05, 0.1) is 40.3 Å². The van der Waals surface area contributed by atoms with Crippen molar-refractivity contribution in [1.29, 1.82) is 0 Å². The molecule has 25 heavy (non-hydrogen) atoms. The molecule has 0 unspecified atom stereocenters. The molecule has 0 aliphatic carbocycles. The van der Waals surface area contributed by atoms with Crippen LogP contribution >= 0.6 is 23.2 Å². The lowest BCUT2D eigenvalue weighted by molar-refractivity contribution is 0.415. The van der Waals surface area contributed by atoms with Crippen LogP contribution in [0.1, 0.15) is 0 Å². The van der Waals surface area contributed by atoms with E-state index in [1.165, 1.54) is 13.4 Å². The van der Waals surface area contributed by atoms with E-state index in [2.05, 4.69) is 4.98 Å². The SMILES string of the molecule is COc1c(Cl)cc(-c2cncn2-c2ccc(S(C)(=O)=O)cc2)cc1Cl. The third-order valence-corrected chi connectivity index (χ3v) is 5.37. The van der Waals surface area contributed by atoms with E-state index in [9.17, 15) is 8.42 Å². The fourth-order valence-corrected chi connectivity index (χ4v) is 3.74. The Labute approximate surface area is 155 Å². The number of aromatic nitrogens is 2. The number of methoxy groups -OCH3 is 1. The van der Waals surface area contributed by atoms with E-state index in [1.807, 2.05) is 4.57 Å². The highest BCUT2D eigenvalue weighted by atomic mass is 35.5. The highest BCUT2D eigenvalue weighted by Crippen LogP contribution is 2.37. The van der Waals surface area contributed by atoms with Crippen molar-refractivity contribution in [3.8, 4) is 22.7 Å². The molecule has 1 heterocycles. The summed E-state index contributed by atoms with van der Waals surface area (Å²) < 4.78 is 30.2. The van der Waals surface area contributed by atoms with Crippen molar-refractivity contribution < 1.29 is 13.2 Å². The topological polar surface area (TPSA) is 61.2 Å². The second-order valence-corrected chi connectivity index (χ2v) is 8.22. The summed E-state index contributed by atoms with van der Waals surface area (Å²) >= 11 is 12.4. The van der Waals surface area contributed by atoms with Crippen LogP contribution in [0.5, 0.6) is 5.75 Å². The predicted molar refractivity (Wildman–Crippen MR) is 98.7 cm³/mol. The first kappa shape index (κ1) is 17.8. The van der Waals surface area contributed by atoms with Gasteiger partial charge in [-0.1, -0.05) is 23.2 Å². The van der Waals surface area contributed by atoms with Crippen LogP contribution in [0.3, 0.4) is 0 Å². The van der Waals surface area contributed by atoms with E-state index in [1.54, 1.807) is 48.9 Å². The van der Waals surface area contributed by atoms with Crippen LogP contribution in [0.15, 0.2) is 53.8 Å². The number of sulfone groups is 1. The Morgan fingerprint density at radius 2 is 1.68 bits per heavy atom.